The number of carbonyl (C=O) groups is 4. The number of nitrogens with zero attached hydrogens (tertiary/aromatic N) is 1. The number of fused-ring (bicyclic) bond motifs is 1. The quantitative estimate of drug-likeness (QED) is 0.734. The number of amides is 3. The molecule has 0 radical (unpaired) electrons. The molecule has 0 bridgehead atoms. The maximum atomic E-state index is 13.7. The molecular weight excluding hydrogens is 398 g/mol. The average molecular weight is 428 g/mol. The summed E-state index contributed by atoms with van der Waals surface area (Å²) >= 11 is 0. The van der Waals surface area contributed by atoms with E-state index in [1.54, 1.807) is 4.90 Å². The number of ketones is 1. The third-order valence-corrected chi connectivity index (χ3v) is 7.12. The van der Waals surface area contributed by atoms with Gasteiger partial charge in [0.25, 0.3) is 5.91 Å². The number of nitrogens with two attached hydrogens (primary N) is 1. The molecule has 4 atom stereocenters. The predicted octanol–water partition coefficient (Wildman–Crippen LogP) is 1.28. The number of nitrogens with one attached hydrogen (secondary N) is 1. The molecule has 8 nitrogen and oxygen atoms in total. The van der Waals surface area contributed by atoms with Crippen LogP contribution in [0.3, 0.4) is 0 Å². The van der Waals surface area contributed by atoms with Crippen LogP contribution in [0.5, 0.6) is 0 Å². The van der Waals surface area contributed by atoms with Crippen LogP contribution in [0.25, 0.3) is 0 Å². The second-order valence-electron chi connectivity index (χ2n) is 9.36. The standard InChI is InChI=1S/C23H29N3O5/c1-13-11-26(17-16(27)12-31-18(13)17)22(30)19(23(2)9-3-4-10-23)25-21(29)15-7-5-14(6-8-15)20(24)28/h5-8,13,17-19H,3-4,9-12H2,1-2H3,(H2,24,28)(H,25,29)/t13-,17-,18-,19-/m1/s1. The van der Waals surface area contributed by atoms with E-state index in [4.69, 9.17) is 10.5 Å². The maximum absolute atomic E-state index is 13.7. The highest BCUT2D eigenvalue weighted by atomic mass is 16.5. The highest BCUT2D eigenvalue weighted by molar-refractivity contribution is 6.00. The van der Waals surface area contributed by atoms with Crippen molar-refractivity contribution in [3.05, 3.63) is 35.4 Å². The summed E-state index contributed by atoms with van der Waals surface area (Å²) in [6, 6.07) is 4.73. The number of hydrogen-bond acceptors (Lipinski definition) is 5. The molecule has 1 aliphatic carbocycles. The van der Waals surface area contributed by atoms with Gasteiger partial charge in [0.1, 0.15) is 18.7 Å². The molecule has 0 unspecified atom stereocenters. The summed E-state index contributed by atoms with van der Waals surface area (Å²) < 4.78 is 5.62. The van der Waals surface area contributed by atoms with Crippen LogP contribution in [0, 0.1) is 11.3 Å². The van der Waals surface area contributed by atoms with Crippen LogP contribution in [0.4, 0.5) is 0 Å². The fraction of sp³-hybridized carbons (Fsp3) is 0.565. The third-order valence-electron chi connectivity index (χ3n) is 7.12. The first-order chi connectivity index (χ1) is 14.7. The van der Waals surface area contributed by atoms with Crippen LogP contribution in [-0.2, 0) is 14.3 Å². The minimum absolute atomic E-state index is 0.0317. The second kappa shape index (κ2) is 8.07. The summed E-state index contributed by atoms with van der Waals surface area (Å²) in [6.45, 7) is 4.48. The molecule has 3 fully saturated rings. The molecule has 1 aromatic rings. The molecule has 3 aliphatic rings. The van der Waals surface area contributed by atoms with Crippen LogP contribution in [0.1, 0.15) is 60.2 Å². The summed E-state index contributed by atoms with van der Waals surface area (Å²) in [5, 5.41) is 2.95. The zero-order chi connectivity index (χ0) is 22.3. The lowest BCUT2D eigenvalue weighted by atomic mass is 9.79. The first kappa shape index (κ1) is 21.5. The summed E-state index contributed by atoms with van der Waals surface area (Å²) in [5.41, 5.74) is 5.54. The number of carbonyl (C=O) groups excluding carboxylic acids is 4. The molecule has 3 amide bonds. The van der Waals surface area contributed by atoms with Crippen molar-refractivity contribution in [1.29, 1.82) is 0 Å². The molecule has 3 N–H and O–H groups in total. The molecule has 1 saturated carbocycles. The van der Waals surface area contributed by atoms with Gasteiger partial charge >= 0.3 is 0 Å². The predicted molar refractivity (Wildman–Crippen MR) is 112 cm³/mol. The van der Waals surface area contributed by atoms with Crippen molar-refractivity contribution >= 4 is 23.5 Å². The Labute approximate surface area is 181 Å². The van der Waals surface area contributed by atoms with Crippen molar-refractivity contribution in [3.8, 4) is 0 Å². The van der Waals surface area contributed by atoms with Gasteiger partial charge in [0.15, 0.2) is 5.78 Å². The van der Waals surface area contributed by atoms with E-state index >= 15 is 0 Å². The third kappa shape index (κ3) is 3.84. The normalized spacial score (nSPS) is 27.7. The Balaban J connectivity index is 1.59. The highest BCUT2D eigenvalue weighted by Crippen LogP contribution is 2.42. The number of rotatable bonds is 5. The van der Waals surface area contributed by atoms with Crippen molar-refractivity contribution in [3.63, 3.8) is 0 Å². The molecule has 0 aromatic heterocycles. The lowest BCUT2D eigenvalue weighted by molar-refractivity contribution is -0.140. The molecule has 2 aliphatic heterocycles. The van der Waals surface area contributed by atoms with Crippen molar-refractivity contribution in [2.75, 3.05) is 13.2 Å². The first-order valence-electron chi connectivity index (χ1n) is 10.9. The lowest BCUT2D eigenvalue weighted by Crippen LogP contribution is -2.57. The zero-order valence-electron chi connectivity index (χ0n) is 17.9. The molecule has 2 heterocycles. The lowest BCUT2D eigenvalue weighted by Gasteiger charge is -2.37. The Hall–Kier alpha value is -2.74. The van der Waals surface area contributed by atoms with Crippen LogP contribution < -0.4 is 11.1 Å². The van der Waals surface area contributed by atoms with Gasteiger partial charge in [-0.15, -0.1) is 0 Å². The smallest absolute Gasteiger partial charge is 0.251 e. The molecular formula is C23H29N3O5. The minimum atomic E-state index is -0.738. The van der Waals surface area contributed by atoms with Crippen molar-refractivity contribution in [1.82, 2.24) is 10.2 Å². The van der Waals surface area contributed by atoms with Crippen LogP contribution in [0.2, 0.25) is 0 Å². The summed E-state index contributed by atoms with van der Waals surface area (Å²) in [6.07, 6.45) is 3.37. The number of primary amides is 1. The number of benzene rings is 1. The van der Waals surface area contributed by atoms with Gasteiger partial charge in [0.05, 0.1) is 6.10 Å². The van der Waals surface area contributed by atoms with Crippen molar-refractivity contribution < 1.29 is 23.9 Å². The van der Waals surface area contributed by atoms with E-state index in [0.29, 0.717) is 17.7 Å². The summed E-state index contributed by atoms with van der Waals surface area (Å²) in [5.74, 6) is -1.19. The van der Waals surface area contributed by atoms with Gasteiger partial charge in [-0.05, 0) is 42.5 Å². The van der Waals surface area contributed by atoms with Gasteiger partial charge in [-0.25, -0.2) is 0 Å². The van der Waals surface area contributed by atoms with Crippen molar-refractivity contribution in [2.45, 2.75) is 57.7 Å². The molecule has 31 heavy (non-hydrogen) atoms. The summed E-state index contributed by atoms with van der Waals surface area (Å²) in [4.78, 5) is 52.1. The number of likely N-dealkylation sites (tertiary alicyclic amines) is 1. The monoisotopic (exact) mass is 427 g/mol. The second-order valence-corrected chi connectivity index (χ2v) is 9.36. The largest absolute Gasteiger partial charge is 0.367 e. The Kier molecular flexibility index (Phi) is 5.60. The van der Waals surface area contributed by atoms with Crippen LogP contribution in [0.15, 0.2) is 24.3 Å². The fourth-order valence-corrected chi connectivity index (χ4v) is 5.29. The minimum Gasteiger partial charge on any atom is -0.367 e. The van der Waals surface area contributed by atoms with E-state index in [1.807, 2.05) is 13.8 Å². The number of hydrogen-bond donors (Lipinski definition) is 2. The van der Waals surface area contributed by atoms with Gasteiger partial charge in [0.2, 0.25) is 11.8 Å². The SMILES string of the molecule is C[C@@H]1CN(C(=O)[C@@H](NC(=O)c2ccc(C(N)=O)cc2)C2(C)CCCC2)[C@@H]2C(=O)CO[C@H]12. The van der Waals surface area contributed by atoms with Crippen LogP contribution >= 0.6 is 0 Å². The van der Waals surface area contributed by atoms with Gasteiger partial charge in [-0.1, -0.05) is 26.7 Å². The molecule has 2 saturated heterocycles. The first-order valence-corrected chi connectivity index (χ1v) is 10.9. The van der Waals surface area contributed by atoms with E-state index in [2.05, 4.69) is 5.32 Å². The molecule has 1 aromatic carbocycles. The van der Waals surface area contributed by atoms with E-state index in [1.165, 1.54) is 24.3 Å². The maximum Gasteiger partial charge on any atom is 0.251 e. The Morgan fingerprint density at radius 1 is 1.16 bits per heavy atom. The van der Waals surface area contributed by atoms with E-state index in [9.17, 15) is 19.2 Å². The number of ether oxygens (including phenoxy) is 1. The van der Waals surface area contributed by atoms with Crippen LogP contribution in [-0.4, -0.2) is 59.7 Å². The number of Topliss-reactive ketones (excluding diaryl/α,β-unsaturated/α-hetero) is 1. The Morgan fingerprint density at radius 3 is 2.39 bits per heavy atom. The zero-order valence-corrected chi connectivity index (χ0v) is 17.9. The molecule has 166 valence electrons. The average Bonchev–Trinajstić information content (AvgIpc) is 3.44. The van der Waals surface area contributed by atoms with Gasteiger partial charge < -0.3 is 20.7 Å². The Morgan fingerprint density at radius 2 is 1.77 bits per heavy atom. The van der Waals surface area contributed by atoms with Gasteiger partial charge in [0, 0.05) is 23.6 Å². The van der Waals surface area contributed by atoms with Gasteiger partial charge in [-0.2, -0.15) is 0 Å². The van der Waals surface area contributed by atoms with E-state index in [0.717, 1.165) is 25.7 Å². The van der Waals surface area contributed by atoms with Gasteiger partial charge in [-0.3, -0.25) is 19.2 Å². The highest BCUT2D eigenvalue weighted by Gasteiger charge is 2.54. The van der Waals surface area contributed by atoms with E-state index in [-0.39, 0.29) is 41.6 Å². The fourth-order valence-electron chi connectivity index (χ4n) is 5.29. The molecule has 8 heteroatoms. The van der Waals surface area contributed by atoms with Crippen molar-refractivity contribution in [2.24, 2.45) is 17.1 Å². The van der Waals surface area contributed by atoms with E-state index < -0.39 is 18.0 Å². The molecule has 0 spiro atoms. The summed E-state index contributed by atoms with van der Waals surface area (Å²) in [7, 11) is 0. The Bertz CT molecular complexity index is 906. The topological polar surface area (TPSA) is 119 Å². The molecule has 4 rings (SSSR count).